The van der Waals surface area contributed by atoms with Crippen molar-refractivity contribution in [3.63, 3.8) is 0 Å². The van der Waals surface area contributed by atoms with Crippen LogP contribution in [-0.2, 0) is 0 Å². The Morgan fingerprint density at radius 3 is 2.60 bits per heavy atom. The van der Waals surface area contributed by atoms with E-state index < -0.39 is 0 Å². The number of rotatable bonds is 2. The molecule has 1 heteroatoms. The van der Waals surface area contributed by atoms with Crippen molar-refractivity contribution in [1.82, 2.24) is 0 Å². The van der Waals surface area contributed by atoms with E-state index in [1.807, 2.05) is 0 Å². The Morgan fingerprint density at radius 2 is 1.73 bits per heavy atom. The van der Waals surface area contributed by atoms with Crippen LogP contribution in [0.4, 0.5) is 0 Å². The average Bonchev–Trinajstić information content (AvgIpc) is 2.57. The molecule has 2 aliphatic rings. The fourth-order valence-corrected chi connectivity index (χ4v) is 2.82. The minimum absolute atomic E-state index is 0.284. The van der Waals surface area contributed by atoms with Crippen LogP contribution in [0.5, 0.6) is 0 Å². The van der Waals surface area contributed by atoms with Gasteiger partial charge >= 0.3 is 0 Å². The number of allylic oxidation sites excluding steroid dienone is 3. The smallest absolute Gasteiger partial charge is 0.0647 e. The van der Waals surface area contributed by atoms with Gasteiger partial charge in [-0.05, 0) is 68.1 Å². The molecule has 0 radical (unpaired) electrons. The van der Waals surface area contributed by atoms with Gasteiger partial charge in [0.05, 0.1) is 6.61 Å². The first-order valence-electron chi connectivity index (χ1n) is 6.43. The summed E-state index contributed by atoms with van der Waals surface area (Å²) in [5.41, 5.74) is 4.41. The summed E-state index contributed by atoms with van der Waals surface area (Å²) in [4.78, 5) is 0. The maximum absolute atomic E-state index is 9.38. The third-order valence-corrected chi connectivity index (χ3v) is 3.70. The predicted molar refractivity (Wildman–Crippen MR) is 63.7 cm³/mol. The van der Waals surface area contributed by atoms with Crippen molar-refractivity contribution in [1.29, 1.82) is 0 Å². The van der Waals surface area contributed by atoms with Crippen molar-refractivity contribution in [2.24, 2.45) is 0 Å². The lowest BCUT2D eigenvalue weighted by atomic mass is 9.86. The molecule has 15 heavy (non-hydrogen) atoms. The van der Waals surface area contributed by atoms with E-state index in [0.29, 0.717) is 0 Å². The van der Waals surface area contributed by atoms with E-state index >= 15 is 0 Å². The van der Waals surface area contributed by atoms with Crippen molar-refractivity contribution in [2.75, 3.05) is 6.61 Å². The zero-order valence-corrected chi connectivity index (χ0v) is 9.60. The Kier molecular flexibility index (Phi) is 4.01. The summed E-state index contributed by atoms with van der Waals surface area (Å²) in [7, 11) is 0. The maximum Gasteiger partial charge on any atom is 0.0647 e. The molecular formula is C14H22O. The van der Waals surface area contributed by atoms with Gasteiger partial charge in [0, 0.05) is 0 Å². The quantitative estimate of drug-likeness (QED) is 0.729. The minimum atomic E-state index is 0.284. The SMILES string of the molecule is OCC1=C(C2=CCCCCC2)CCCC1. The van der Waals surface area contributed by atoms with E-state index in [9.17, 15) is 5.11 Å². The summed E-state index contributed by atoms with van der Waals surface area (Å²) in [5, 5.41) is 9.38. The van der Waals surface area contributed by atoms with E-state index in [-0.39, 0.29) is 6.61 Å². The largest absolute Gasteiger partial charge is 0.392 e. The number of hydrogen-bond donors (Lipinski definition) is 1. The van der Waals surface area contributed by atoms with E-state index in [0.717, 1.165) is 6.42 Å². The standard InChI is InChI=1S/C14H22O/c15-11-13-9-5-6-10-14(13)12-7-3-1-2-4-8-12/h7,15H,1-6,8-11H2. The molecule has 0 spiro atoms. The summed E-state index contributed by atoms with van der Waals surface area (Å²) in [6.45, 7) is 0.284. The van der Waals surface area contributed by atoms with Gasteiger partial charge in [-0.2, -0.15) is 0 Å². The molecule has 2 rings (SSSR count). The van der Waals surface area contributed by atoms with Crippen LogP contribution >= 0.6 is 0 Å². The molecule has 0 saturated heterocycles. The second kappa shape index (κ2) is 5.50. The van der Waals surface area contributed by atoms with E-state index in [1.165, 1.54) is 62.5 Å². The molecule has 0 aromatic rings. The first-order chi connectivity index (χ1) is 7.42. The Labute approximate surface area is 92.9 Å². The highest BCUT2D eigenvalue weighted by Crippen LogP contribution is 2.33. The third-order valence-electron chi connectivity index (χ3n) is 3.70. The van der Waals surface area contributed by atoms with Gasteiger partial charge < -0.3 is 5.11 Å². The monoisotopic (exact) mass is 206 g/mol. The fourth-order valence-electron chi connectivity index (χ4n) is 2.82. The second-order valence-electron chi connectivity index (χ2n) is 4.78. The zero-order valence-electron chi connectivity index (χ0n) is 9.60. The summed E-state index contributed by atoms with van der Waals surface area (Å²) in [5.74, 6) is 0. The Morgan fingerprint density at radius 1 is 0.933 bits per heavy atom. The molecule has 0 aliphatic heterocycles. The lowest BCUT2D eigenvalue weighted by Crippen LogP contribution is -2.05. The maximum atomic E-state index is 9.38. The molecule has 1 nitrogen and oxygen atoms in total. The van der Waals surface area contributed by atoms with E-state index in [1.54, 1.807) is 5.57 Å². The van der Waals surface area contributed by atoms with Gasteiger partial charge in [-0.3, -0.25) is 0 Å². The van der Waals surface area contributed by atoms with Crippen LogP contribution in [0.1, 0.15) is 57.8 Å². The zero-order chi connectivity index (χ0) is 10.5. The Hall–Kier alpha value is -0.560. The fraction of sp³-hybridized carbons (Fsp3) is 0.714. The Balaban J connectivity index is 2.18. The Bertz CT molecular complexity index is 273. The second-order valence-corrected chi connectivity index (χ2v) is 4.78. The number of aliphatic hydroxyl groups is 1. The van der Waals surface area contributed by atoms with Gasteiger partial charge in [-0.15, -0.1) is 0 Å². The molecular weight excluding hydrogens is 184 g/mol. The van der Waals surface area contributed by atoms with Gasteiger partial charge in [0.15, 0.2) is 0 Å². The molecule has 0 saturated carbocycles. The van der Waals surface area contributed by atoms with Crippen LogP contribution in [0.25, 0.3) is 0 Å². The average molecular weight is 206 g/mol. The summed E-state index contributed by atoms with van der Waals surface area (Å²) in [6.07, 6.45) is 13.9. The highest BCUT2D eigenvalue weighted by Gasteiger charge is 2.16. The van der Waals surface area contributed by atoms with Gasteiger partial charge in [0.2, 0.25) is 0 Å². The first-order valence-corrected chi connectivity index (χ1v) is 6.43. The lowest BCUT2D eigenvalue weighted by Gasteiger charge is -2.21. The highest BCUT2D eigenvalue weighted by molar-refractivity contribution is 5.37. The van der Waals surface area contributed by atoms with E-state index in [2.05, 4.69) is 6.08 Å². The van der Waals surface area contributed by atoms with Gasteiger partial charge in [0.1, 0.15) is 0 Å². The van der Waals surface area contributed by atoms with Crippen LogP contribution in [0, 0.1) is 0 Å². The molecule has 2 aliphatic carbocycles. The van der Waals surface area contributed by atoms with Crippen LogP contribution in [0.15, 0.2) is 22.8 Å². The summed E-state index contributed by atoms with van der Waals surface area (Å²) < 4.78 is 0. The molecule has 0 bridgehead atoms. The molecule has 1 N–H and O–H groups in total. The van der Waals surface area contributed by atoms with Crippen molar-refractivity contribution < 1.29 is 5.11 Å². The third kappa shape index (κ3) is 2.72. The summed E-state index contributed by atoms with van der Waals surface area (Å²) >= 11 is 0. The molecule has 0 heterocycles. The normalized spacial score (nSPS) is 23.7. The van der Waals surface area contributed by atoms with Crippen molar-refractivity contribution >= 4 is 0 Å². The van der Waals surface area contributed by atoms with Crippen LogP contribution in [0.2, 0.25) is 0 Å². The number of hydrogen-bond acceptors (Lipinski definition) is 1. The van der Waals surface area contributed by atoms with Crippen molar-refractivity contribution in [2.45, 2.75) is 57.8 Å². The topological polar surface area (TPSA) is 20.2 Å². The molecule has 0 fully saturated rings. The van der Waals surface area contributed by atoms with Crippen molar-refractivity contribution in [3.8, 4) is 0 Å². The van der Waals surface area contributed by atoms with Crippen LogP contribution in [-0.4, -0.2) is 11.7 Å². The molecule has 84 valence electrons. The molecule has 0 aromatic carbocycles. The predicted octanol–water partition coefficient (Wildman–Crippen LogP) is 3.74. The first kappa shape index (κ1) is 10.9. The van der Waals surface area contributed by atoms with Gasteiger partial charge in [-0.25, -0.2) is 0 Å². The lowest BCUT2D eigenvalue weighted by molar-refractivity contribution is 0.321. The van der Waals surface area contributed by atoms with Gasteiger partial charge in [-0.1, -0.05) is 12.5 Å². The molecule has 0 atom stereocenters. The minimum Gasteiger partial charge on any atom is -0.392 e. The van der Waals surface area contributed by atoms with E-state index in [4.69, 9.17) is 0 Å². The number of aliphatic hydroxyl groups excluding tert-OH is 1. The van der Waals surface area contributed by atoms with Gasteiger partial charge in [0.25, 0.3) is 0 Å². The van der Waals surface area contributed by atoms with Crippen molar-refractivity contribution in [3.05, 3.63) is 22.8 Å². The molecule has 0 unspecified atom stereocenters. The summed E-state index contributed by atoms with van der Waals surface area (Å²) in [6, 6.07) is 0. The molecule has 0 amide bonds. The van der Waals surface area contributed by atoms with Crippen LogP contribution < -0.4 is 0 Å². The molecule has 0 aromatic heterocycles. The highest BCUT2D eigenvalue weighted by atomic mass is 16.3. The van der Waals surface area contributed by atoms with Crippen LogP contribution in [0.3, 0.4) is 0 Å².